The molecule has 6 nitrogen and oxygen atoms in total. The van der Waals surface area contributed by atoms with Gasteiger partial charge in [-0.05, 0) is 12.1 Å². The monoisotopic (exact) mass is 325 g/mol. The van der Waals surface area contributed by atoms with E-state index < -0.39 is 17.9 Å². The van der Waals surface area contributed by atoms with E-state index in [1.165, 1.54) is 18.1 Å². The number of aliphatic carboxylic acids is 1. The first-order valence-corrected chi connectivity index (χ1v) is 7.06. The van der Waals surface area contributed by atoms with Crippen LogP contribution in [-0.2, 0) is 14.3 Å². The summed E-state index contributed by atoms with van der Waals surface area (Å²) in [5.41, 5.74) is 0. The minimum Gasteiger partial charge on any atom is -0.480 e. The fraction of sp³-hybridized carbons (Fsp3) is 0.333. The number of carbonyl (C=O) groups excluding carboxylic acids is 1. The third-order valence-electron chi connectivity index (χ3n) is 3.23. The first-order chi connectivity index (χ1) is 10.5. The standard InChI is InChI=1S/C15H16ClNO5/c1-21-7-6-12(15(19)20)17-9-10(8-14(17)18)22-13-5-3-2-4-11(13)16/h2-5,8,12H,6-7,9H2,1H3,(H,19,20)/t12-/m0/s1. The lowest BCUT2D eigenvalue weighted by atomic mass is 10.2. The normalized spacial score (nSPS) is 15.6. The molecule has 1 N–H and O–H groups in total. The van der Waals surface area contributed by atoms with Crippen molar-refractivity contribution < 1.29 is 24.2 Å². The van der Waals surface area contributed by atoms with E-state index in [1.54, 1.807) is 24.3 Å². The minimum atomic E-state index is -1.07. The average Bonchev–Trinajstić information content (AvgIpc) is 2.82. The molecule has 1 amide bonds. The van der Waals surface area contributed by atoms with E-state index in [9.17, 15) is 14.7 Å². The number of ether oxygens (including phenoxy) is 2. The Bertz CT molecular complexity index is 601. The van der Waals surface area contributed by atoms with Crippen LogP contribution < -0.4 is 4.74 Å². The van der Waals surface area contributed by atoms with E-state index in [1.807, 2.05) is 0 Å². The molecule has 7 heteroatoms. The summed E-state index contributed by atoms with van der Waals surface area (Å²) in [7, 11) is 1.48. The maximum Gasteiger partial charge on any atom is 0.326 e. The fourth-order valence-corrected chi connectivity index (χ4v) is 2.32. The summed E-state index contributed by atoms with van der Waals surface area (Å²) in [5.74, 6) is -0.682. The molecule has 0 unspecified atom stereocenters. The third-order valence-corrected chi connectivity index (χ3v) is 3.54. The second-order valence-corrected chi connectivity index (χ2v) is 5.15. The topological polar surface area (TPSA) is 76.1 Å². The predicted molar refractivity (Wildman–Crippen MR) is 79.8 cm³/mol. The second-order valence-electron chi connectivity index (χ2n) is 4.74. The average molecular weight is 326 g/mol. The molecule has 1 aromatic carbocycles. The number of hydrogen-bond donors (Lipinski definition) is 1. The van der Waals surface area contributed by atoms with Gasteiger partial charge in [-0.15, -0.1) is 0 Å². The molecule has 22 heavy (non-hydrogen) atoms. The maximum atomic E-state index is 12.0. The number of amides is 1. The lowest BCUT2D eigenvalue weighted by molar-refractivity contribution is -0.148. The Kier molecular flexibility index (Phi) is 5.41. The zero-order valence-electron chi connectivity index (χ0n) is 12.0. The van der Waals surface area contributed by atoms with Gasteiger partial charge in [-0.1, -0.05) is 23.7 Å². The molecule has 1 atom stereocenters. The van der Waals surface area contributed by atoms with Crippen LogP contribution in [0.4, 0.5) is 0 Å². The van der Waals surface area contributed by atoms with E-state index in [0.717, 1.165) is 0 Å². The largest absolute Gasteiger partial charge is 0.480 e. The van der Waals surface area contributed by atoms with Gasteiger partial charge in [0.1, 0.15) is 17.6 Å². The van der Waals surface area contributed by atoms with Crippen LogP contribution in [0.3, 0.4) is 0 Å². The Morgan fingerprint density at radius 3 is 2.82 bits per heavy atom. The third kappa shape index (κ3) is 3.78. The molecule has 1 aliphatic heterocycles. The Labute approximate surface area is 132 Å². The van der Waals surface area contributed by atoms with Crippen molar-refractivity contribution in [2.45, 2.75) is 12.5 Å². The summed E-state index contributed by atoms with van der Waals surface area (Å²) >= 11 is 6.00. The van der Waals surface area contributed by atoms with Gasteiger partial charge in [0.2, 0.25) is 0 Å². The van der Waals surface area contributed by atoms with E-state index in [0.29, 0.717) is 16.5 Å². The van der Waals surface area contributed by atoms with E-state index in [2.05, 4.69) is 0 Å². The highest BCUT2D eigenvalue weighted by Crippen LogP contribution is 2.27. The van der Waals surface area contributed by atoms with Crippen LogP contribution in [0.1, 0.15) is 6.42 Å². The summed E-state index contributed by atoms with van der Waals surface area (Å²) < 4.78 is 10.5. The summed E-state index contributed by atoms with van der Waals surface area (Å²) in [5, 5.41) is 9.68. The highest BCUT2D eigenvalue weighted by Gasteiger charge is 2.34. The molecular formula is C15H16ClNO5. The highest BCUT2D eigenvalue weighted by atomic mass is 35.5. The number of methoxy groups -OCH3 is 1. The van der Waals surface area contributed by atoms with Gasteiger partial charge >= 0.3 is 5.97 Å². The summed E-state index contributed by atoms with van der Waals surface area (Å²) in [6.07, 6.45) is 1.50. The number of halogens is 1. The van der Waals surface area contributed by atoms with Crippen LogP contribution in [0.15, 0.2) is 36.1 Å². The Morgan fingerprint density at radius 2 is 2.18 bits per heavy atom. The zero-order valence-corrected chi connectivity index (χ0v) is 12.7. The number of rotatable bonds is 7. The van der Waals surface area contributed by atoms with Crippen LogP contribution in [0.25, 0.3) is 0 Å². The number of hydrogen-bond acceptors (Lipinski definition) is 4. The van der Waals surface area contributed by atoms with Gasteiger partial charge in [-0.25, -0.2) is 4.79 Å². The van der Waals surface area contributed by atoms with Crippen molar-refractivity contribution in [3.63, 3.8) is 0 Å². The quantitative estimate of drug-likeness (QED) is 0.829. The molecule has 0 saturated heterocycles. The first-order valence-electron chi connectivity index (χ1n) is 6.68. The maximum absolute atomic E-state index is 12.0. The van der Waals surface area contributed by atoms with Gasteiger partial charge in [0, 0.05) is 26.2 Å². The molecule has 0 aromatic heterocycles. The van der Waals surface area contributed by atoms with Crippen molar-refractivity contribution in [1.82, 2.24) is 4.90 Å². The molecule has 1 aromatic rings. The smallest absolute Gasteiger partial charge is 0.326 e. The van der Waals surface area contributed by atoms with Crippen molar-refractivity contribution in [3.05, 3.63) is 41.1 Å². The van der Waals surface area contributed by atoms with Crippen molar-refractivity contribution >= 4 is 23.5 Å². The summed E-state index contributed by atoms with van der Waals surface area (Å²) in [6.45, 7) is 0.339. The van der Waals surface area contributed by atoms with Gasteiger partial charge in [0.15, 0.2) is 0 Å². The summed E-state index contributed by atoms with van der Waals surface area (Å²) in [4.78, 5) is 24.6. The molecule has 0 spiro atoms. The molecule has 118 valence electrons. The van der Waals surface area contributed by atoms with E-state index in [-0.39, 0.29) is 19.6 Å². The van der Waals surface area contributed by atoms with Gasteiger partial charge < -0.3 is 19.5 Å². The molecule has 0 aliphatic carbocycles. The number of benzene rings is 1. The predicted octanol–water partition coefficient (Wildman–Crippen LogP) is 1.93. The number of carboxylic acid groups (broad SMARTS) is 1. The SMILES string of the molecule is COCC[C@@H](C(=O)O)N1CC(Oc2ccccc2Cl)=CC1=O. The minimum absolute atomic E-state index is 0.0880. The molecule has 0 bridgehead atoms. The molecule has 0 saturated carbocycles. The van der Waals surface area contributed by atoms with Crippen LogP contribution >= 0.6 is 11.6 Å². The number of carbonyl (C=O) groups is 2. The molecular weight excluding hydrogens is 310 g/mol. The Balaban J connectivity index is 2.06. The first kappa shape index (κ1) is 16.3. The molecule has 1 heterocycles. The number of nitrogens with zero attached hydrogens (tertiary/aromatic N) is 1. The van der Waals surface area contributed by atoms with Gasteiger partial charge in [-0.3, -0.25) is 4.79 Å². The zero-order chi connectivity index (χ0) is 16.1. The molecule has 1 aliphatic rings. The van der Waals surface area contributed by atoms with Gasteiger partial charge in [0.25, 0.3) is 5.91 Å². The van der Waals surface area contributed by atoms with Crippen LogP contribution in [0.2, 0.25) is 5.02 Å². The number of carboxylic acids is 1. The highest BCUT2D eigenvalue weighted by molar-refractivity contribution is 6.32. The van der Waals surface area contributed by atoms with Crippen molar-refractivity contribution in [1.29, 1.82) is 0 Å². The summed E-state index contributed by atoms with van der Waals surface area (Å²) in [6, 6.07) is 5.92. The fourth-order valence-electron chi connectivity index (χ4n) is 2.15. The van der Waals surface area contributed by atoms with E-state index >= 15 is 0 Å². The van der Waals surface area contributed by atoms with Crippen LogP contribution in [0.5, 0.6) is 5.75 Å². The van der Waals surface area contributed by atoms with Crippen LogP contribution in [0, 0.1) is 0 Å². The Morgan fingerprint density at radius 1 is 1.45 bits per heavy atom. The van der Waals surface area contributed by atoms with Gasteiger partial charge in [0.05, 0.1) is 11.6 Å². The Hall–Kier alpha value is -2.05. The lowest BCUT2D eigenvalue weighted by Crippen LogP contribution is -2.43. The van der Waals surface area contributed by atoms with Gasteiger partial charge in [-0.2, -0.15) is 0 Å². The van der Waals surface area contributed by atoms with Crippen molar-refractivity contribution in [3.8, 4) is 5.75 Å². The lowest BCUT2D eigenvalue weighted by Gasteiger charge is -2.24. The van der Waals surface area contributed by atoms with Crippen molar-refractivity contribution in [2.75, 3.05) is 20.3 Å². The molecule has 0 radical (unpaired) electrons. The second kappa shape index (κ2) is 7.29. The van der Waals surface area contributed by atoms with E-state index in [4.69, 9.17) is 21.1 Å². The number of para-hydroxylation sites is 1. The van der Waals surface area contributed by atoms with Crippen LogP contribution in [-0.4, -0.2) is 48.2 Å². The van der Waals surface area contributed by atoms with Crippen molar-refractivity contribution in [2.24, 2.45) is 0 Å². The molecule has 2 rings (SSSR count). The molecule has 0 fully saturated rings.